The second-order valence-electron chi connectivity index (χ2n) is 7.79. The summed E-state index contributed by atoms with van der Waals surface area (Å²) in [6.45, 7) is 1.97. The van der Waals surface area contributed by atoms with Crippen LogP contribution in [0.4, 0.5) is 0 Å². The highest BCUT2D eigenvalue weighted by molar-refractivity contribution is 7.10. The van der Waals surface area contributed by atoms with E-state index in [4.69, 9.17) is 0 Å². The number of thiophene rings is 1. The third-order valence-electron chi connectivity index (χ3n) is 5.94. The Morgan fingerprint density at radius 3 is 2.64 bits per heavy atom. The summed E-state index contributed by atoms with van der Waals surface area (Å²) in [5.74, 6) is 2.32. The summed E-state index contributed by atoms with van der Waals surface area (Å²) in [5, 5.41) is 2.02. The first-order valence-electron chi connectivity index (χ1n) is 10.0. The van der Waals surface area contributed by atoms with Gasteiger partial charge in [0.25, 0.3) is 0 Å². The van der Waals surface area contributed by atoms with Crippen LogP contribution in [0.3, 0.4) is 0 Å². The Labute approximate surface area is 155 Å². The third-order valence-corrected chi connectivity index (χ3v) is 6.82. The zero-order valence-electron chi connectivity index (χ0n) is 15.3. The number of fused-ring (bicyclic) bond motifs is 1. The van der Waals surface area contributed by atoms with Crippen LogP contribution >= 0.6 is 11.3 Å². The van der Waals surface area contributed by atoms with E-state index in [-0.39, 0.29) is 0 Å². The lowest BCUT2D eigenvalue weighted by molar-refractivity contribution is -0.134. The molecule has 3 nitrogen and oxygen atoms in total. The highest BCUT2D eigenvalue weighted by atomic mass is 32.1. The molecule has 0 spiro atoms. The van der Waals surface area contributed by atoms with E-state index in [1.54, 1.807) is 11.3 Å². The molecule has 0 radical (unpaired) electrons. The highest BCUT2D eigenvalue weighted by Gasteiger charge is 2.32. The number of carbonyl (C=O) groups excluding carboxylic acids is 2. The molecule has 4 heteroatoms. The van der Waals surface area contributed by atoms with Crippen molar-refractivity contribution in [3.8, 4) is 0 Å². The van der Waals surface area contributed by atoms with Crippen molar-refractivity contribution in [3.63, 3.8) is 0 Å². The van der Waals surface area contributed by atoms with Crippen LogP contribution in [-0.2, 0) is 16.0 Å². The summed E-state index contributed by atoms with van der Waals surface area (Å²) in [6, 6.07) is 4.02. The number of ketones is 1. The van der Waals surface area contributed by atoms with Gasteiger partial charge in [0, 0.05) is 37.2 Å². The van der Waals surface area contributed by atoms with Gasteiger partial charge in [0.2, 0.25) is 5.91 Å². The fraction of sp³-hybridized carbons (Fsp3) is 0.714. The van der Waals surface area contributed by atoms with E-state index in [2.05, 4.69) is 4.90 Å². The summed E-state index contributed by atoms with van der Waals surface area (Å²) >= 11 is 1.65. The molecule has 1 amide bonds. The SMILES string of the molecule is O=C(CCCCCC(=O)N1CCC2CCCCC2C1)Cc1cccs1. The van der Waals surface area contributed by atoms with Crippen LogP contribution in [0.5, 0.6) is 0 Å². The van der Waals surface area contributed by atoms with Gasteiger partial charge in [-0.15, -0.1) is 11.3 Å². The molecule has 1 saturated heterocycles. The number of hydrogen-bond donors (Lipinski definition) is 0. The number of amides is 1. The number of piperidine rings is 1. The second-order valence-corrected chi connectivity index (χ2v) is 8.82. The van der Waals surface area contributed by atoms with E-state index in [1.807, 2.05) is 17.5 Å². The van der Waals surface area contributed by atoms with Gasteiger partial charge in [-0.05, 0) is 49.0 Å². The molecule has 3 rings (SSSR count). The lowest BCUT2D eigenvalue weighted by Gasteiger charge is -2.41. The zero-order valence-corrected chi connectivity index (χ0v) is 16.1. The monoisotopic (exact) mass is 361 g/mol. The summed E-state index contributed by atoms with van der Waals surface area (Å²) in [7, 11) is 0. The van der Waals surface area contributed by atoms with E-state index in [0.717, 1.165) is 49.1 Å². The molecule has 25 heavy (non-hydrogen) atoms. The molecule has 2 aliphatic rings. The number of nitrogens with zero attached hydrogens (tertiary/aromatic N) is 1. The quantitative estimate of drug-likeness (QED) is 0.621. The molecule has 2 heterocycles. The van der Waals surface area contributed by atoms with E-state index >= 15 is 0 Å². The molecule has 1 saturated carbocycles. The average Bonchev–Trinajstić information content (AvgIpc) is 3.13. The Hall–Kier alpha value is -1.16. The van der Waals surface area contributed by atoms with E-state index in [0.29, 0.717) is 31.0 Å². The van der Waals surface area contributed by atoms with Gasteiger partial charge >= 0.3 is 0 Å². The molecule has 1 aliphatic carbocycles. The Morgan fingerprint density at radius 1 is 1.04 bits per heavy atom. The highest BCUT2D eigenvalue weighted by Crippen LogP contribution is 2.36. The van der Waals surface area contributed by atoms with Gasteiger partial charge in [-0.25, -0.2) is 0 Å². The van der Waals surface area contributed by atoms with Crippen molar-refractivity contribution in [3.05, 3.63) is 22.4 Å². The predicted octanol–water partition coefficient (Wildman–Crippen LogP) is 4.85. The molecule has 1 aromatic heterocycles. The summed E-state index contributed by atoms with van der Waals surface area (Å²) in [6.07, 6.45) is 11.4. The van der Waals surface area contributed by atoms with Crippen LogP contribution < -0.4 is 0 Å². The fourth-order valence-corrected chi connectivity index (χ4v) is 5.19. The van der Waals surface area contributed by atoms with Gasteiger partial charge in [0.1, 0.15) is 5.78 Å². The van der Waals surface area contributed by atoms with Gasteiger partial charge in [-0.1, -0.05) is 31.7 Å². The summed E-state index contributed by atoms with van der Waals surface area (Å²) in [5.41, 5.74) is 0. The van der Waals surface area contributed by atoms with E-state index in [1.165, 1.54) is 32.1 Å². The van der Waals surface area contributed by atoms with Gasteiger partial charge in [0.05, 0.1) is 0 Å². The smallest absolute Gasteiger partial charge is 0.222 e. The standard InChI is InChI=1S/C21H31NO2S/c23-19(15-20-10-6-14-25-20)9-2-1-3-11-21(24)22-13-12-17-7-4-5-8-18(17)16-22/h6,10,14,17-18H,1-5,7-9,11-13,15-16H2. The zero-order chi connectivity index (χ0) is 17.5. The average molecular weight is 362 g/mol. The van der Waals surface area contributed by atoms with E-state index < -0.39 is 0 Å². The first-order valence-corrected chi connectivity index (χ1v) is 10.9. The Kier molecular flexibility index (Phi) is 7.09. The third kappa shape index (κ3) is 5.67. The fourth-order valence-electron chi connectivity index (χ4n) is 4.46. The number of unbranched alkanes of at least 4 members (excludes halogenated alkanes) is 2. The Balaban J connectivity index is 1.27. The molecule has 1 aromatic rings. The topological polar surface area (TPSA) is 37.4 Å². The van der Waals surface area contributed by atoms with Crippen molar-refractivity contribution >= 4 is 23.0 Å². The maximum atomic E-state index is 12.4. The molecule has 1 aliphatic heterocycles. The number of Topliss-reactive ketones (excluding diaryl/α,β-unsaturated/α-hetero) is 1. The van der Waals surface area contributed by atoms with Crippen molar-refractivity contribution in [2.24, 2.45) is 11.8 Å². The second kappa shape index (κ2) is 9.51. The minimum absolute atomic E-state index is 0.327. The van der Waals surface area contributed by atoms with Crippen LogP contribution in [0.25, 0.3) is 0 Å². The largest absolute Gasteiger partial charge is 0.342 e. The van der Waals surface area contributed by atoms with Crippen LogP contribution in [-0.4, -0.2) is 29.7 Å². The van der Waals surface area contributed by atoms with Gasteiger partial charge in [-0.3, -0.25) is 9.59 Å². The number of likely N-dealkylation sites (tertiary alicyclic amines) is 1. The molecular weight excluding hydrogens is 330 g/mol. The van der Waals surface area contributed by atoms with Crippen molar-refractivity contribution in [2.45, 2.75) is 70.6 Å². The Bertz CT molecular complexity index is 554. The molecule has 0 aromatic carbocycles. The molecule has 2 atom stereocenters. The Morgan fingerprint density at radius 2 is 1.84 bits per heavy atom. The number of carbonyl (C=O) groups is 2. The van der Waals surface area contributed by atoms with Crippen molar-refractivity contribution in [1.29, 1.82) is 0 Å². The van der Waals surface area contributed by atoms with Crippen LogP contribution in [0.15, 0.2) is 17.5 Å². The molecule has 2 unspecified atom stereocenters. The number of hydrogen-bond acceptors (Lipinski definition) is 3. The van der Waals surface area contributed by atoms with Crippen LogP contribution in [0, 0.1) is 11.8 Å². The first kappa shape index (κ1) is 18.6. The minimum Gasteiger partial charge on any atom is -0.342 e. The lowest BCUT2D eigenvalue weighted by Crippen LogP contribution is -2.44. The predicted molar refractivity (Wildman–Crippen MR) is 103 cm³/mol. The van der Waals surface area contributed by atoms with Crippen LogP contribution in [0.2, 0.25) is 0 Å². The maximum Gasteiger partial charge on any atom is 0.222 e. The molecular formula is C21H31NO2S. The normalized spacial score (nSPS) is 23.3. The molecule has 0 bridgehead atoms. The van der Waals surface area contributed by atoms with Gasteiger partial charge < -0.3 is 4.90 Å². The van der Waals surface area contributed by atoms with Gasteiger partial charge in [-0.2, -0.15) is 0 Å². The molecule has 138 valence electrons. The van der Waals surface area contributed by atoms with Crippen molar-refractivity contribution in [2.75, 3.05) is 13.1 Å². The maximum absolute atomic E-state index is 12.4. The van der Waals surface area contributed by atoms with Crippen LogP contribution in [0.1, 0.15) is 69.1 Å². The molecule has 0 N–H and O–H groups in total. The van der Waals surface area contributed by atoms with E-state index in [9.17, 15) is 9.59 Å². The first-order chi connectivity index (χ1) is 12.2. The van der Waals surface area contributed by atoms with Gasteiger partial charge in [0.15, 0.2) is 0 Å². The van der Waals surface area contributed by atoms with Crippen molar-refractivity contribution in [1.82, 2.24) is 4.90 Å². The minimum atomic E-state index is 0.327. The summed E-state index contributed by atoms with van der Waals surface area (Å²) < 4.78 is 0. The molecule has 2 fully saturated rings. The van der Waals surface area contributed by atoms with Crippen molar-refractivity contribution < 1.29 is 9.59 Å². The lowest BCUT2D eigenvalue weighted by atomic mass is 9.75. The summed E-state index contributed by atoms with van der Waals surface area (Å²) in [4.78, 5) is 27.6. The number of rotatable bonds is 8.